The van der Waals surface area contributed by atoms with Crippen LogP contribution in [0.25, 0.3) is 10.9 Å². The van der Waals surface area contributed by atoms with Gasteiger partial charge in [0.25, 0.3) is 5.56 Å². The molecule has 2 rings (SSSR count). The summed E-state index contributed by atoms with van der Waals surface area (Å²) in [5.74, 6) is 0.694. The van der Waals surface area contributed by atoms with Crippen LogP contribution in [0.2, 0.25) is 0 Å². The largest absolute Gasteiger partial charge is 0.309 e. The summed E-state index contributed by atoms with van der Waals surface area (Å²) in [6, 6.07) is 7.83. The van der Waals surface area contributed by atoms with Gasteiger partial charge in [-0.15, -0.1) is 0 Å². The lowest BCUT2D eigenvalue weighted by Gasteiger charge is -2.18. The molecule has 0 aliphatic heterocycles. The molecule has 0 saturated carbocycles. The topological polar surface area (TPSA) is 57.8 Å². The molecule has 4 heteroatoms. The van der Waals surface area contributed by atoms with Crippen molar-refractivity contribution in [3.63, 3.8) is 0 Å². The molecular weight excluding hydrogens is 226 g/mol. The number of benzene rings is 1. The predicted octanol–water partition coefficient (Wildman–Crippen LogP) is 2.37. The maximum Gasteiger partial charge on any atom is 0.258 e. The summed E-state index contributed by atoms with van der Waals surface area (Å²) in [5, 5.41) is 4.04. The zero-order valence-electron chi connectivity index (χ0n) is 11.0. The summed E-state index contributed by atoms with van der Waals surface area (Å²) in [6.07, 6.45) is 1.04. The van der Waals surface area contributed by atoms with E-state index in [0.717, 1.165) is 11.9 Å². The molecule has 0 unspecified atom stereocenters. The molecule has 1 aromatic heterocycles. The molecule has 0 spiro atoms. The van der Waals surface area contributed by atoms with Crippen molar-refractivity contribution in [1.82, 2.24) is 15.3 Å². The van der Waals surface area contributed by atoms with Gasteiger partial charge >= 0.3 is 0 Å². The molecule has 0 radical (unpaired) electrons. The fourth-order valence-corrected chi connectivity index (χ4v) is 1.93. The van der Waals surface area contributed by atoms with Crippen LogP contribution in [-0.4, -0.2) is 16.0 Å². The van der Waals surface area contributed by atoms with Crippen molar-refractivity contribution in [3.05, 3.63) is 40.4 Å². The van der Waals surface area contributed by atoms with E-state index < -0.39 is 0 Å². The summed E-state index contributed by atoms with van der Waals surface area (Å²) in [6.45, 7) is 6.26. The Kier molecular flexibility index (Phi) is 3.77. The maximum absolute atomic E-state index is 11.9. The van der Waals surface area contributed by atoms with Crippen LogP contribution in [0.4, 0.5) is 0 Å². The monoisotopic (exact) mass is 245 g/mol. The summed E-state index contributed by atoms with van der Waals surface area (Å²) >= 11 is 0. The molecule has 2 aromatic rings. The van der Waals surface area contributed by atoms with E-state index in [9.17, 15) is 4.79 Å². The van der Waals surface area contributed by atoms with Crippen molar-refractivity contribution < 1.29 is 0 Å². The first kappa shape index (κ1) is 12.8. The Hall–Kier alpha value is -1.68. The molecule has 0 aliphatic carbocycles. The Bertz CT molecular complexity index is 591. The Morgan fingerprint density at radius 1 is 1.33 bits per heavy atom. The van der Waals surface area contributed by atoms with E-state index >= 15 is 0 Å². The Morgan fingerprint density at radius 2 is 2.06 bits per heavy atom. The van der Waals surface area contributed by atoms with Gasteiger partial charge in [-0.3, -0.25) is 4.79 Å². The van der Waals surface area contributed by atoms with Gasteiger partial charge in [-0.2, -0.15) is 0 Å². The van der Waals surface area contributed by atoms with Crippen LogP contribution < -0.4 is 10.9 Å². The van der Waals surface area contributed by atoms with E-state index in [0.29, 0.717) is 17.3 Å². The van der Waals surface area contributed by atoms with Gasteiger partial charge in [-0.25, -0.2) is 4.98 Å². The van der Waals surface area contributed by atoms with Crippen molar-refractivity contribution in [1.29, 1.82) is 0 Å². The fraction of sp³-hybridized carbons (Fsp3) is 0.429. The molecule has 1 heterocycles. The zero-order valence-corrected chi connectivity index (χ0v) is 11.0. The quantitative estimate of drug-likeness (QED) is 0.869. The molecule has 2 N–H and O–H groups in total. The fourth-order valence-electron chi connectivity index (χ4n) is 1.93. The van der Waals surface area contributed by atoms with E-state index in [1.165, 1.54) is 0 Å². The van der Waals surface area contributed by atoms with E-state index in [4.69, 9.17) is 0 Å². The average Bonchev–Trinajstić information content (AvgIpc) is 2.38. The minimum atomic E-state index is -0.0756. The van der Waals surface area contributed by atoms with Crippen molar-refractivity contribution in [2.45, 2.75) is 39.3 Å². The van der Waals surface area contributed by atoms with Gasteiger partial charge in [0.2, 0.25) is 0 Å². The minimum Gasteiger partial charge on any atom is -0.309 e. The molecular formula is C14H19N3O. The second-order valence-electron chi connectivity index (χ2n) is 4.67. The second-order valence-corrected chi connectivity index (χ2v) is 4.67. The number of fused-ring (bicyclic) bond motifs is 1. The average molecular weight is 245 g/mol. The van der Waals surface area contributed by atoms with Gasteiger partial charge in [0.15, 0.2) is 0 Å². The summed E-state index contributed by atoms with van der Waals surface area (Å²) in [5.41, 5.74) is 0.669. The molecule has 0 amide bonds. The Morgan fingerprint density at radius 3 is 2.78 bits per heavy atom. The van der Waals surface area contributed by atoms with Gasteiger partial charge in [0, 0.05) is 6.04 Å². The predicted molar refractivity (Wildman–Crippen MR) is 73.7 cm³/mol. The number of aromatic amines is 1. The zero-order chi connectivity index (χ0) is 13.1. The lowest BCUT2D eigenvalue weighted by atomic mass is 10.2. The highest BCUT2D eigenvalue weighted by molar-refractivity contribution is 5.77. The third-order valence-corrected chi connectivity index (χ3v) is 3.19. The number of aromatic nitrogens is 2. The molecule has 0 saturated heterocycles. The number of hydrogen-bond donors (Lipinski definition) is 2. The number of rotatable bonds is 4. The van der Waals surface area contributed by atoms with Crippen LogP contribution >= 0.6 is 0 Å². The van der Waals surface area contributed by atoms with Crippen LogP contribution in [0.5, 0.6) is 0 Å². The third kappa shape index (κ3) is 2.59. The van der Waals surface area contributed by atoms with Gasteiger partial charge in [-0.05, 0) is 32.4 Å². The second kappa shape index (κ2) is 5.31. The number of H-pyrrole nitrogens is 1. The van der Waals surface area contributed by atoms with Crippen LogP contribution in [0, 0.1) is 0 Å². The van der Waals surface area contributed by atoms with Gasteiger partial charge in [0.05, 0.1) is 16.9 Å². The molecule has 0 aliphatic rings. The molecule has 1 aromatic carbocycles. The first-order valence-electron chi connectivity index (χ1n) is 6.36. The first-order chi connectivity index (χ1) is 8.61. The normalized spacial score (nSPS) is 14.6. The summed E-state index contributed by atoms with van der Waals surface area (Å²) < 4.78 is 0. The molecule has 0 bridgehead atoms. The highest BCUT2D eigenvalue weighted by Gasteiger charge is 2.12. The van der Waals surface area contributed by atoms with E-state index in [-0.39, 0.29) is 11.6 Å². The molecule has 96 valence electrons. The summed E-state index contributed by atoms with van der Waals surface area (Å²) in [7, 11) is 0. The van der Waals surface area contributed by atoms with Gasteiger partial charge < -0.3 is 10.3 Å². The summed E-state index contributed by atoms with van der Waals surface area (Å²) in [4.78, 5) is 19.3. The third-order valence-electron chi connectivity index (χ3n) is 3.19. The highest BCUT2D eigenvalue weighted by atomic mass is 16.1. The lowest BCUT2D eigenvalue weighted by Crippen LogP contribution is -2.30. The first-order valence-corrected chi connectivity index (χ1v) is 6.36. The smallest absolute Gasteiger partial charge is 0.258 e. The van der Waals surface area contributed by atoms with Crippen molar-refractivity contribution in [2.75, 3.05) is 0 Å². The van der Waals surface area contributed by atoms with Crippen molar-refractivity contribution >= 4 is 10.9 Å². The van der Waals surface area contributed by atoms with Crippen LogP contribution in [0.3, 0.4) is 0 Å². The lowest BCUT2D eigenvalue weighted by molar-refractivity contribution is 0.455. The Balaban J connectivity index is 2.37. The number of para-hydroxylation sites is 1. The van der Waals surface area contributed by atoms with E-state index in [1.807, 2.05) is 25.1 Å². The number of nitrogens with zero attached hydrogens (tertiary/aromatic N) is 1. The maximum atomic E-state index is 11.9. The minimum absolute atomic E-state index is 0.0391. The van der Waals surface area contributed by atoms with Crippen LogP contribution in [0.1, 0.15) is 39.1 Å². The SMILES string of the molecule is CC[C@@H](C)N[C@@H](C)c1nc2ccccc2c(=O)[nH]1. The van der Waals surface area contributed by atoms with E-state index in [2.05, 4.69) is 29.1 Å². The highest BCUT2D eigenvalue weighted by Crippen LogP contribution is 2.11. The van der Waals surface area contributed by atoms with Crippen molar-refractivity contribution in [3.8, 4) is 0 Å². The standard InChI is InChI=1S/C14H19N3O/c1-4-9(2)15-10(3)13-16-12-8-6-5-7-11(12)14(18)17-13/h5-10,15H,4H2,1-3H3,(H,16,17,18)/t9-,10+/m1/s1. The number of hydrogen-bond acceptors (Lipinski definition) is 3. The van der Waals surface area contributed by atoms with E-state index in [1.54, 1.807) is 6.07 Å². The molecule has 18 heavy (non-hydrogen) atoms. The Labute approximate surface area is 106 Å². The molecule has 0 fully saturated rings. The molecule has 2 atom stereocenters. The van der Waals surface area contributed by atoms with Crippen LogP contribution in [-0.2, 0) is 0 Å². The number of nitrogens with one attached hydrogen (secondary N) is 2. The van der Waals surface area contributed by atoms with Crippen LogP contribution in [0.15, 0.2) is 29.1 Å². The van der Waals surface area contributed by atoms with Gasteiger partial charge in [-0.1, -0.05) is 19.1 Å². The van der Waals surface area contributed by atoms with Gasteiger partial charge in [0.1, 0.15) is 5.82 Å². The molecule has 4 nitrogen and oxygen atoms in total. The van der Waals surface area contributed by atoms with Crippen molar-refractivity contribution in [2.24, 2.45) is 0 Å².